The molecule has 3 aromatic heterocycles. The van der Waals surface area contributed by atoms with E-state index in [-0.39, 0.29) is 0 Å². The zero-order valence-corrected chi connectivity index (χ0v) is 33.4. The minimum Gasteiger partial charge on any atom is -0.455 e. The first-order chi connectivity index (χ1) is 30.8. The lowest BCUT2D eigenvalue weighted by Crippen LogP contribution is -2.10. The number of fused-ring (bicyclic) bond motifs is 12. The van der Waals surface area contributed by atoms with Crippen molar-refractivity contribution in [2.45, 2.75) is 0 Å². The van der Waals surface area contributed by atoms with Crippen LogP contribution in [0.4, 0.5) is 17.1 Å². The second-order valence-electron chi connectivity index (χ2n) is 15.9. The van der Waals surface area contributed by atoms with E-state index < -0.39 is 0 Å². The Hall–Kier alpha value is -8.34. The van der Waals surface area contributed by atoms with Gasteiger partial charge in [0.05, 0.1) is 11.4 Å². The van der Waals surface area contributed by atoms with Crippen molar-refractivity contribution < 1.29 is 13.3 Å². The van der Waals surface area contributed by atoms with Crippen LogP contribution in [0.3, 0.4) is 0 Å². The summed E-state index contributed by atoms with van der Waals surface area (Å²) in [6, 6.07) is 74.7. The highest BCUT2D eigenvalue weighted by atomic mass is 16.3. The average molecular weight is 794 g/mol. The summed E-state index contributed by atoms with van der Waals surface area (Å²) in [4.78, 5) is 2.27. The molecule has 10 aromatic carbocycles. The van der Waals surface area contributed by atoms with Crippen LogP contribution in [0.1, 0.15) is 0 Å². The fraction of sp³-hybridized carbons (Fsp3) is 0. The van der Waals surface area contributed by atoms with Crippen LogP contribution in [0.25, 0.3) is 110 Å². The SMILES string of the molecule is c1ccc(-c2oc3c4cc(-c5ccc(N(c6cccc7c6oc6ccccc67)c6cccc7c6oc6ccccc67)cc5)ccc4c4ccccc4c3c2-c2ccccc2)cc1. The Morgan fingerprint density at radius 2 is 0.790 bits per heavy atom. The molecule has 3 heterocycles. The zero-order valence-electron chi connectivity index (χ0n) is 33.4. The Balaban J connectivity index is 1.01. The Labute approximate surface area is 356 Å². The summed E-state index contributed by atoms with van der Waals surface area (Å²) in [6.45, 7) is 0. The number of benzene rings is 10. The van der Waals surface area contributed by atoms with Crippen molar-refractivity contribution in [2.24, 2.45) is 0 Å². The van der Waals surface area contributed by atoms with Gasteiger partial charge in [-0.05, 0) is 75.3 Å². The van der Waals surface area contributed by atoms with Crippen molar-refractivity contribution >= 4 is 93.5 Å². The molecule has 0 bridgehead atoms. The molecule has 62 heavy (non-hydrogen) atoms. The summed E-state index contributed by atoms with van der Waals surface area (Å²) >= 11 is 0. The number of furan rings is 3. The molecule has 0 atom stereocenters. The molecule has 0 amide bonds. The van der Waals surface area contributed by atoms with Crippen molar-refractivity contribution in [3.05, 3.63) is 212 Å². The molecule has 0 aliphatic heterocycles. The number of hydrogen-bond acceptors (Lipinski definition) is 4. The van der Waals surface area contributed by atoms with Gasteiger partial charge in [0.25, 0.3) is 0 Å². The number of rotatable bonds is 6. The Morgan fingerprint density at radius 1 is 0.290 bits per heavy atom. The Morgan fingerprint density at radius 3 is 1.42 bits per heavy atom. The quantitative estimate of drug-likeness (QED) is 0.157. The van der Waals surface area contributed by atoms with E-state index in [2.05, 4.69) is 193 Å². The van der Waals surface area contributed by atoms with Crippen molar-refractivity contribution in [1.82, 2.24) is 0 Å². The molecule has 0 unspecified atom stereocenters. The molecule has 0 aliphatic rings. The highest BCUT2D eigenvalue weighted by Gasteiger charge is 2.25. The van der Waals surface area contributed by atoms with Crippen molar-refractivity contribution in [2.75, 3.05) is 4.90 Å². The molecule has 0 saturated heterocycles. The first kappa shape index (κ1) is 34.5. The van der Waals surface area contributed by atoms with Crippen molar-refractivity contribution in [3.63, 3.8) is 0 Å². The lowest BCUT2D eigenvalue weighted by molar-refractivity contribution is 0.636. The van der Waals surface area contributed by atoms with Gasteiger partial charge in [-0.2, -0.15) is 0 Å². The molecule has 0 radical (unpaired) electrons. The zero-order chi connectivity index (χ0) is 40.7. The van der Waals surface area contributed by atoms with E-state index in [1.807, 2.05) is 24.3 Å². The highest BCUT2D eigenvalue weighted by molar-refractivity contribution is 6.29. The van der Waals surface area contributed by atoms with E-state index in [0.29, 0.717) is 0 Å². The molecule has 4 heteroatoms. The van der Waals surface area contributed by atoms with Gasteiger partial charge in [-0.3, -0.25) is 0 Å². The predicted molar refractivity (Wildman–Crippen MR) is 257 cm³/mol. The lowest BCUT2D eigenvalue weighted by Gasteiger charge is -2.25. The number of hydrogen-bond donors (Lipinski definition) is 0. The van der Waals surface area contributed by atoms with Crippen LogP contribution in [-0.4, -0.2) is 0 Å². The number of anilines is 3. The summed E-state index contributed by atoms with van der Waals surface area (Å²) in [5.74, 6) is 0.873. The third-order valence-electron chi connectivity index (χ3n) is 12.5. The highest BCUT2D eigenvalue weighted by Crippen LogP contribution is 2.49. The van der Waals surface area contributed by atoms with Gasteiger partial charge in [-0.1, -0.05) is 170 Å². The standard InChI is InChI=1S/C58H35NO3/c1-3-15-37(16-4-1)53-54-45-22-8-7-19-41(45)42-34-31-39(35-48(42)58(54)62-55(53)38-17-5-2-6-18-38)36-29-32-40(33-30-36)59(49-25-13-23-46-43-20-9-11-27-51(43)60-56(46)49)50-26-14-24-47-44-21-10-12-28-52(44)61-57(47)50/h1-35H. The summed E-state index contributed by atoms with van der Waals surface area (Å²) in [7, 11) is 0. The molecule has 4 nitrogen and oxygen atoms in total. The van der Waals surface area contributed by atoms with Crippen LogP contribution in [0.5, 0.6) is 0 Å². The first-order valence-corrected chi connectivity index (χ1v) is 21.0. The first-order valence-electron chi connectivity index (χ1n) is 21.0. The Bertz CT molecular complexity index is 3740. The second kappa shape index (κ2) is 13.6. The van der Waals surface area contributed by atoms with E-state index >= 15 is 0 Å². The van der Waals surface area contributed by atoms with Crippen LogP contribution < -0.4 is 4.90 Å². The van der Waals surface area contributed by atoms with Crippen LogP contribution in [0.2, 0.25) is 0 Å². The third kappa shape index (κ3) is 5.20. The third-order valence-corrected chi connectivity index (χ3v) is 12.5. The van der Waals surface area contributed by atoms with Gasteiger partial charge < -0.3 is 18.2 Å². The molecule has 13 rings (SSSR count). The topological polar surface area (TPSA) is 42.7 Å². The molecular formula is C58H35NO3. The van der Waals surface area contributed by atoms with Crippen molar-refractivity contribution in [1.29, 1.82) is 0 Å². The molecular weight excluding hydrogens is 759 g/mol. The smallest absolute Gasteiger partial charge is 0.159 e. The molecule has 0 fully saturated rings. The van der Waals surface area contributed by atoms with Gasteiger partial charge >= 0.3 is 0 Å². The van der Waals surface area contributed by atoms with Gasteiger partial charge in [-0.25, -0.2) is 0 Å². The molecule has 13 aromatic rings. The minimum atomic E-state index is 0.819. The fourth-order valence-corrected chi connectivity index (χ4v) is 9.66. The average Bonchev–Trinajstić information content (AvgIpc) is 4.06. The predicted octanol–water partition coefficient (Wildman–Crippen LogP) is 17.0. The van der Waals surface area contributed by atoms with Gasteiger partial charge in [0, 0.05) is 49.1 Å². The maximum atomic E-state index is 7.09. The monoisotopic (exact) mass is 793 g/mol. The van der Waals surface area contributed by atoms with Crippen LogP contribution >= 0.6 is 0 Å². The van der Waals surface area contributed by atoms with Crippen LogP contribution in [0.15, 0.2) is 226 Å². The van der Waals surface area contributed by atoms with Gasteiger partial charge in [0.15, 0.2) is 11.2 Å². The Kier molecular flexibility index (Phi) is 7.57. The summed E-state index contributed by atoms with van der Waals surface area (Å²) in [5, 5.41) is 10.0. The second-order valence-corrected chi connectivity index (χ2v) is 15.9. The van der Waals surface area contributed by atoms with Crippen LogP contribution in [-0.2, 0) is 0 Å². The fourth-order valence-electron chi connectivity index (χ4n) is 9.66. The molecule has 0 spiro atoms. The van der Waals surface area contributed by atoms with Gasteiger partial charge in [0.2, 0.25) is 0 Å². The maximum Gasteiger partial charge on any atom is 0.159 e. The van der Waals surface area contributed by atoms with Gasteiger partial charge in [0.1, 0.15) is 22.5 Å². The van der Waals surface area contributed by atoms with Crippen LogP contribution in [0, 0.1) is 0 Å². The van der Waals surface area contributed by atoms with E-state index in [1.54, 1.807) is 0 Å². The summed E-state index contributed by atoms with van der Waals surface area (Å²) in [5.41, 5.74) is 12.6. The van der Waals surface area contributed by atoms with Crippen molar-refractivity contribution in [3.8, 4) is 33.6 Å². The largest absolute Gasteiger partial charge is 0.455 e. The summed E-state index contributed by atoms with van der Waals surface area (Å²) < 4.78 is 20.4. The van der Waals surface area contributed by atoms with E-state index in [1.165, 1.54) is 10.8 Å². The molecule has 0 N–H and O–H groups in total. The normalized spacial score (nSPS) is 11.9. The van der Waals surface area contributed by atoms with E-state index in [4.69, 9.17) is 13.3 Å². The summed E-state index contributed by atoms with van der Waals surface area (Å²) in [6.07, 6.45) is 0. The lowest BCUT2D eigenvalue weighted by atomic mass is 9.91. The maximum absolute atomic E-state index is 7.09. The number of para-hydroxylation sites is 4. The molecule has 0 aliphatic carbocycles. The minimum absolute atomic E-state index is 0.819. The molecule has 0 saturated carbocycles. The van der Waals surface area contributed by atoms with Gasteiger partial charge in [-0.15, -0.1) is 0 Å². The van der Waals surface area contributed by atoms with E-state index in [9.17, 15) is 0 Å². The molecule has 290 valence electrons. The van der Waals surface area contributed by atoms with E-state index in [0.717, 1.165) is 116 Å². The number of nitrogens with zero attached hydrogens (tertiary/aromatic N) is 1.